The zero-order valence-electron chi connectivity index (χ0n) is 14.1. The van der Waals surface area contributed by atoms with Crippen LogP contribution < -0.4 is 14.8 Å². The van der Waals surface area contributed by atoms with E-state index < -0.39 is 6.10 Å². The van der Waals surface area contributed by atoms with Gasteiger partial charge in [-0.3, -0.25) is 9.78 Å². The SMILES string of the molecule is O=C(Nc1ccc(Cc2ccncc2)cc1)C1COc2ccccc2O1. The standard InChI is InChI=1S/C21H18N2O3/c24-21(20-14-25-18-3-1-2-4-19(18)26-20)23-17-7-5-15(6-8-17)13-16-9-11-22-12-10-16/h1-12,20H,13-14H2,(H,23,24). The number of nitrogens with zero attached hydrogens (tertiary/aromatic N) is 1. The number of nitrogens with one attached hydrogen (secondary N) is 1. The van der Waals surface area contributed by atoms with Crippen LogP contribution in [0, 0.1) is 0 Å². The van der Waals surface area contributed by atoms with Crippen molar-refractivity contribution < 1.29 is 14.3 Å². The van der Waals surface area contributed by atoms with Crippen LogP contribution in [0.1, 0.15) is 11.1 Å². The summed E-state index contributed by atoms with van der Waals surface area (Å²) in [6, 6.07) is 19.1. The van der Waals surface area contributed by atoms with Crippen molar-refractivity contribution in [3.8, 4) is 11.5 Å². The van der Waals surface area contributed by atoms with Gasteiger partial charge in [0.2, 0.25) is 6.10 Å². The normalized spacial score (nSPS) is 15.3. The Labute approximate surface area is 151 Å². The maximum absolute atomic E-state index is 12.4. The van der Waals surface area contributed by atoms with Crippen LogP contribution >= 0.6 is 0 Å². The van der Waals surface area contributed by atoms with E-state index in [0.29, 0.717) is 11.5 Å². The molecule has 1 amide bonds. The van der Waals surface area contributed by atoms with Gasteiger partial charge in [-0.15, -0.1) is 0 Å². The number of pyridine rings is 1. The van der Waals surface area contributed by atoms with E-state index in [2.05, 4.69) is 10.3 Å². The first-order valence-corrected chi connectivity index (χ1v) is 8.45. The monoisotopic (exact) mass is 346 g/mol. The third-order valence-electron chi connectivity index (χ3n) is 4.18. The Hall–Kier alpha value is -3.34. The van der Waals surface area contributed by atoms with Crippen molar-refractivity contribution in [3.05, 3.63) is 84.2 Å². The van der Waals surface area contributed by atoms with Gasteiger partial charge in [0.05, 0.1) is 0 Å². The molecule has 2 heterocycles. The summed E-state index contributed by atoms with van der Waals surface area (Å²) in [6.45, 7) is 0.197. The molecule has 0 spiro atoms. The molecule has 2 aromatic carbocycles. The number of amides is 1. The summed E-state index contributed by atoms with van der Waals surface area (Å²) in [4.78, 5) is 16.5. The second kappa shape index (κ2) is 7.27. The summed E-state index contributed by atoms with van der Waals surface area (Å²) in [5.41, 5.74) is 3.10. The second-order valence-electron chi connectivity index (χ2n) is 6.08. The van der Waals surface area contributed by atoms with Crippen molar-refractivity contribution in [1.82, 2.24) is 4.98 Å². The number of carbonyl (C=O) groups is 1. The maximum Gasteiger partial charge on any atom is 0.269 e. The predicted octanol–water partition coefficient (Wildman–Crippen LogP) is 3.45. The fourth-order valence-electron chi connectivity index (χ4n) is 2.81. The van der Waals surface area contributed by atoms with Gasteiger partial charge in [-0.25, -0.2) is 0 Å². The van der Waals surface area contributed by atoms with E-state index in [1.54, 1.807) is 18.5 Å². The molecule has 1 aromatic heterocycles. The zero-order chi connectivity index (χ0) is 17.8. The second-order valence-corrected chi connectivity index (χ2v) is 6.08. The summed E-state index contributed by atoms with van der Waals surface area (Å²) in [5, 5.41) is 2.88. The van der Waals surface area contributed by atoms with Crippen molar-refractivity contribution in [3.63, 3.8) is 0 Å². The minimum Gasteiger partial charge on any atom is -0.485 e. The highest BCUT2D eigenvalue weighted by Gasteiger charge is 2.27. The fourth-order valence-corrected chi connectivity index (χ4v) is 2.81. The molecular formula is C21H18N2O3. The number of hydrogen-bond acceptors (Lipinski definition) is 4. The summed E-state index contributed by atoms with van der Waals surface area (Å²) < 4.78 is 11.3. The molecule has 1 N–H and O–H groups in total. The Morgan fingerprint density at radius 1 is 0.962 bits per heavy atom. The van der Waals surface area contributed by atoms with E-state index in [9.17, 15) is 4.79 Å². The number of carbonyl (C=O) groups excluding carboxylic acids is 1. The average molecular weight is 346 g/mol. The number of rotatable bonds is 4. The number of hydrogen-bond donors (Lipinski definition) is 1. The number of fused-ring (bicyclic) bond motifs is 1. The molecule has 0 aliphatic carbocycles. The van der Waals surface area contributed by atoms with Gasteiger partial charge in [0.15, 0.2) is 11.5 Å². The van der Waals surface area contributed by atoms with Gasteiger partial charge in [-0.1, -0.05) is 24.3 Å². The molecule has 3 aromatic rings. The highest BCUT2D eigenvalue weighted by Crippen LogP contribution is 2.31. The molecule has 26 heavy (non-hydrogen) atoms. The molecule has 1 aliphatic heterocycles. The largest absolute Gasteiger partial charge is 0.485 e. The molecule has 130 valence electrons. The molecular weight excluding hydrogens is 328 g/mol. The van der Waals surface area contributed by atoms with Gasteiger partial charge in [0, 0.05) is 18.1 Å². The van der Waals surface area contributed by atoms with E-state index in [1.807, 2.05) is 54.6 Å². The van der Waals surface area contributed by atoms with Crippen LogP contribution in [0.15, 0.2) is 73.1 Å². The highest BCUT2D eigenvalue weighted by atomic mass is 16.6. The van der Waals surface area contributed by atoms with Crippen molar-refractivity contribution in [2.24, 2.45) is 0 Å². The van der Waals surface area contributed by atoms with Crippen molar-refractivity contribution in [1.29, 1.82) is 0 Å². The zero-order valence-corrected chi connectivity index (χ0v) is 14.1. The number of ether oxygens (including phenoxy) is 2. The number of aromatic nitrogens is 1. The molecule has 0 saturated heterocycles. The lowest BCUT2D eigenvalue weighted by Gasteiger charge is -2.25. The van der Waals surface area contributed by atoms with Crippen LogP contribution in [-0.4, -0.2) is 23.6 Å². The lowest BCUT2D eigenvalue weighted by atomic mass is 10.1. The minimum atomic E-state index is -0.665. The van der Waals surface area contributed by atoms with E-state index in [4.69, 9.17) is 9.47 Å². The van der Waals surface area contributed by atoms with E-state index in [0.717, 1.165) is 12.1 Å². The van der Waals surface area contributed by atoms with Gasteiger partial charge < -0.3 is 14.8 Å². The first-order chi connectivity index (χ1) is 12.8. The molecule has 0 fully saturated rings. The van der Waals surface area contributed by atoms with Crippen LogP contribution in [0.2, 0.25) is 0 Å². The lowest BCUT2D eigenvalue weighted by molar-refractivity contribution is -0.125. The molecule has 0 saturated carbocycles. The predicted molar refractivity (Wildman–Crippen MR) is 98.5 cm³/mol. The maximum atomic E-state index is 12.4. The smallest absolute Gasteiger partial charge is 0.269 e. The molecule has 1 aliphatic rings. The van der Waals surface area contributed by atoms with E-state index in [1.165, 1.54) is 11.1 Å². The molecule has 4 rings (SSSR count). The highest BCUT2D eigenvalue weighted by molar-refractivity contribution is 5.94. The van der Waals surface area contributed by atoms with E-state index >= 15 is 0 Å². The summed E-state index contributed by atoms with van der Waals surface area (Å²) in [6.07, 6.45) is 3.73. The Morgan fingerprint density at radius 2 is 1.65 bits per heavy atom. The van der Waals surface area contributed by atoms with Crippen LogP contribution in [0.25, 0.3) is 0 Å². The molecule has 5 heteroatoms. The first kappa shape index (κ1) is 16.1. The van der Waals surface area contributed by atoms with Gasteiger partial charge >= 0.3 is 0 Å². The fraction of sp³-hybridized carbons (Fsp3) is 0.143. The van der Waals surface area contributed by atoms with Gasteiger partial charge in [0.1, 0.15) is 6.61 Å². The van der Waals surface area contributed by atoms with E-state index in [-0.39, 0.29) is 12.5 Å². The molecule has 0 bridgehead atoms. The van der Waals surface area contributed by atoms with Crippen molar-refractivity contribution in [2.75, 3.05) is 11.9 Å². The molecule has 0 radical (unpaired) electrons. The van der Waals surface area contributed by atoms with Crippen LogP contribution in [0.5, 0.6) is 11.5 Å². The van der Waals surface area contributed by atoms with Crippen molar-refractivity contribution in [2.45, 2.75) is 12.5 Å². The third kappa shape index (κ3) is 3.67. The summed E-state index contributed by atoms with van der Waals surface area (Å²) >= 11 is 0. The minimum absolute atomic E-state index is 0.197. The summed E-state index contributed by atoms with van der Waals surface area (Å²) in [7, 11) is 0. The first-order valence-electron chi connectivity index (χ1n) is 8.45. The molecule has 5 nitrogen and oxygen atoms in total. The number of benzene rings is 2. The van der Waals surface area contributed by atoms with Crippen LogP contribution in [0.3, 0.4) is 0 Å². The van der Waals surface area contributed by atoms with Gasteiger partial charge in [-0.2, -0.15) is 0 Å². The number of anilines is 1. The van der Waals surface area contributed by atoms with Crippen LogP contribution in [0.4, 0.5) is 5.69 Å². The summed E-state index contributed by atoms with van der Waals surface area (Å²) in [5.74, 6) is 1.03. The molecule has 1 unspecified atom stereocenters. The van der Waals surface area contributed by atoms with Crippen LogP contribution in [-0.2, 0) is 11.2 Å². The average Bonchev–Trinajstić information content (AvgIpc) is 2.70. The van der Waals surface area contributed by atoms with Gasteiger partial charge in [0.25, 0.3) is 5.91 Å². The Morgan fingerprint density at radius 3 is 2.42 bits per heavy atom. The quantitative estimate of drug-likeness (QED) is 0.786. The topological polar surface area (TPSA) is 60.5 Å². The molecule has 1 atom stereocenters. The Bertz CT molecular complexity index is 895. The third-order valence-corrected chi connectivity index (χ3v) is 4.18. The Kier molecular flexibility index (Phi) is 4.51. The van der Waals surface area contributed by atoms with Crippen molar-refractivity contribution >= 4 is 11.6 Å². The Balaban J connectivity index is 1.37. The van der Waals surface area contributed by atoms with Gasteiger partial charge in [-0.05, 0) is 53.9 Å². The lowest BCUT2D eigenvalue weighted by Crippen LogP contribution is -2.40. The number of para-hydroxylation sites is 2.